The zero-order chi connectivity index (χ0) is 13.7. The van der Waals surface area contributed by atoms with Crippen LogP contribution in [0.25, 0.3) is 0 Å². The molecule has 2 aliphatic heterocycles. The molecule has 0 atom stereocenters. The van der Waals surface area contributed by atoms with Crippen LogP contribution in [-0.2, 0) is 23.3 Å². The fraction of sp³-hybridized carbons (Fsp3) is 0.769. The Morgan fingerprint density at radius 3 is 2.50 bits per heavy atom. The molecule has 3 aliphatic rings. The minimum absolute atomic E-state index is 0.471. The average Bonchev–Trinajstić information content (AvgIpc) is 2.99. The van der Waals surface area contributed by atoms with E-state index < -0.39 is 10.2 Å². The van der Waals surface area contributed by atoms with E-state index in [0.29, 0.717) is 38.6 Å². The van der Waals surface area contributed by atoms with Gasteiger partial charge in [0.05, 0.1) is 24.5 Å². The van der Waals surface area contributed by atoms with Gasteiger partial charge in [0.1, 0.15) is 0 Å². The summed E-state index contributed by atoms with van der Waals surface area (Å²) >= 11 is 0. The van der Waals surface area contributed by atoms with Gasteiger partial charge in [-0.2, -0.15) is 22.1 Å². The van der Waals surface area contributed by atoms with Crippen LogP contribution in [0.15, 0.2) is 6.07 Å². The summed E-state index contributed by atoms with van der Waals surface area (Å²) in [6.45, 7) is 3.03. The van der Waals surface area contributed by atoms with Gasteiger partial charge in [-0.1, -0.05) is 0 Å². The van der Waals surface area contributed by atoms with E-state index in [9.17, 15) is 8.42 Å². The number of hydrogen-bond donors (Lipinski definition) is 0. The fourth-order valence-corrected chi connectivity index (χ4v) is 4.78. The Morgan fingerprint density at radius 1 is 1.05 bits per heavy atom. The summed E-state index contributed by atoms with van der Waals surface area (Å²) in [6.07, 6.45) is 4.42. The number of nitrogens with zero attached hydrogens (tertiary/aromatic N) is 4. The van der Waals surface area contributed by atoms with Crippen molar-refractivity contribution in [1.29, 1.82) is 0 Å². The largest absolute Gasteiger partial charge is 0.282 e. The van der Waals surface area contributed by atoms with Crippen LogP contribution in [0.3, 0.4) is 0 Å². The van der Waals surface area contributed by atoms with Gasteiger partial charge in [-0.25, -0.2) is 0 Å². The second-order valence-electron chi connectivity index (χ2n) is 6.01. The summed E-state index contributed by atoms with van der Waals surface area (Å²) in [5.41, 5.74) is 2.20. The SMILES string of the molecule is O=S(=O)(N1CCCC1)N1CCn2nc(C3CC3)cc2C1. The van der Waals surface area contributed by atoms with Crippen molar-refractivity contribution in [3.8, 4) is 0 Å². The molecule has 1 aliphatic carbocycles. The van der Waals surface area contributed by atoms with Gasteiger partial charge in [0, 0.05) is 25.6 Å². The molecule has 0 amide bonds. The summed E-state index contributed by atoms with van der Waals surface area (Å²) in [5.74, 6) is 0.622. The molecule has 1 saturated carbocycles. The normalized spacial score (nSPS) is 25.0. The van der Waals surface area contributed by atoms with Crippen LogP contribution >= 0.6 is 0 Å². The predicted molar refractivity (Wildman–Crippen MR) is 74.3 cm³/mol. The molecule has 1 saturated heterocycles. The highest BCUT2D eigenvalue weighted by molar-refractivity contribution is 7.86. The van der Waals surface area contributed by atoms with Gasteiger partial charge < -0.3 is 0 Å². The highest BCUT2D eigenvalue weighted by atomic mass is 32.2. The van der Waals surface area contributed by atoms with E-state index >= 15 is 0 Å². The van der Waals surface area contributed by atoms with Crippen molar-refractivity contribution in [2.45, 2.75) is 44.7 Å². The summed E-state index contributed by atoms with van der Waals surface area (Å²) < 4.78 is 30.4. The number of hydrogen-bond acceptors (Lipinski definition) is 3. The molecule has 0 N–H and O–H groups in total. The molecule has 4 rings (SSSR count). The molecule has 0 unspecified atom stereocenters. The Balaban J connectivity index is 1.56. The summed E-state index contributed by atoms with van der Waals surface area (Å²) in [6, 6.07) is 2.10. The monoisotopic (exact) mass is 296 g/mol. The average molecular weight is 296 g/mol. The first-order valence-electron chi connectivity index (χ1n) is 7.46. The summed E-state index contributed by atoms with van der Waals surface area (Å²) in [7, 11) is -3.27. The van der Waals surface area contributed by atoms with Crippen molar-refractivity contribution in [3.05, 3.63) is 17.5 Å². The molecule has 0 spiro atoms. The summed E-state index contributed by atoms with van der Waals surface area (Å²) in [4.78, 5) is 0. The van der Waals surface area contributed by atoms with Gasteiger partial charge in [-0.05, 0) is 31.7 Å². The molecule has 0 aromatic carbocycles. The van der Waals surface area contributed by atoms with E-state index in [0.717, 1.165) is 24.2 Å². The maximum Gasteiger partial charge on any atom is 0.282 e. The van der Waals surface area contributed by atoms with E-state index in [1.807, 2.05) is 4.68 Å². The van der Waals surface area contributed by atoms with Gasteiger partial charge in [0.25, 0.3) is 10.2 Å². The molecule has 6 nitrogen and oxygen atoms in total. The lowest BCUT2D eigenvalue weighted by Crippen LogP contribution is -2.45. The van der Waals surface area contributed by atoms with Crippen molar-refractivity contribution in [3.63, 3.8) is 0 Å². The van der Waals surface area contributed by atoms with Gasteiger partial charge in [-0.3, -0.25) is 4.68 Å². The van der Waals surface area contributed by atoms with Crippen molar-refractivity contribution in [2.24, 2.45) is 0 Å². The highest BCUT2D eigenvalue weighted by Gasteiger charge is 2.35. The first-order chi connectivity index (χ1) is 9.64. The van der Waals surface area contributed by atoms with Crippen molar-refractivity contribution in [2.75, 3.05) is 19.6 Å². The zero-order valence-corrected chi connectivity index (χ0v) is 12.3. The lowest BCUT2D eigenvalue weighted by atomic mass is 10.2. The maximum absolute atomic E-state index is 12.6. The standard InChI is InChI=1S/C13H20N4O2S/c18-20(19,15-5-1-2-6-15)16-7-8-17-12(10-16)9-13(14-17)11-3-4-11/h9,11H,1-8,10H2. The molecule has 2 fully saturated rings. The molecular formula is C13H20N4O2S. The van der Waals surface area contributed by atoms with Crippen LogP contribution in [0.4, 0.5) is 0 Å². The molecule has 20 heavy (non-hydrogen) atoms. The van der Waals surface area contributed by atoms with Crippen LogP contribution in [0.1, 0.15) is 43.0 Å². The van der Waals surface area contributed by atoms with Crippen LogP contribution < -0.4 is 0 Å². The minimum Gasteiger partial charge on any atom is -0.267 e. The van der Waals surface area contributed by atoms with Gasteiger partial charge >= 0.3 is 0 Å². The lowest BCUT2D eigenvalue weighted by Gasteiger charge is -2.30. The van der Waals surface area contributed by atoms with Crippen molar-refractivity contribution in [1.82, 2.24) is 18.4 Å². The van der Waals surface area contributed by atoms with Crippen LogP contribution in [0.5, 0.6) is 0 Å². The topological polar surface area (TPSA) is 58.4 Å². The zero-order valence-electron chi connectivity index (χ0n) is 11.5. The van der Waals surface area contributed by atoms with Crippen LogP contribution in [-0.4, -0.2) is 46.4 Å². The maximum atomic E-state index is 12.6. The van der Waals surface area contributed by atoms with E-state index in [4.69, 9.17) is 0 Å². The number of aromatic nitrogens is 2. The third-order valence-corrected chi connectivity index (χ3v) is 6.48. The number of rotatable bonds is 3. The molecule has 0 bridgehead atoms. The Bertz CT molecular complexity index is 614. The second kappa shape index (κ2) is 4.54. The molecular weight excluding hydrogens is 276 g/mol. The van der Waals surface area contributed by atoms with Gasteiger partial charge in [0.2, 0.25) is 0 Å². The smallest absolute Gasteiger partial charge is 0.267 e. The van der Waals surface area contributed by atoms with E-state index in [1.54, 1.807) is 8.61 Å². The quantitative estimate of drug-likeness (QED) is 0.833. The second-order valence-corrected chi connectivity index (χ2v) is 7.93. The molecule has 1 aromatic heterocycles. The Labute approximate surface area is 119 Å². The first kappa shape index (κ1) is 12.8. The third-order valence-electron chi connectivity index (χ3n) is 4.50. The van der Waals surface area contributed by atoms with E-state index in [-0.39, 0.29) is 0 Å². The first-order valence-corrected chi connectivity index (χ1v) is 8.86. The Morgan fingerprint density at radius 2 is 1.80 bits per heavy atom. The van der Waals surface area contributed by atoms with Crippen LogP contribution in [0, 0.1) is 0 Å². The van der Waals surface area contributed by atoms with E-state index in [2.05, 4.69) is 11.2 Å². The Hall–Kier alpha value is -0.920. The van der Waals surface area contributed by atoms with Crippen molar-refractivity contribution < 1.29 is 8.42 Å². The lowest BCUT2D eigenvalue weighted by molar-refractivity contribution is 0.300. The molecule has 110 valence electrons. The Kier molecular flexibility index (Phi) is 2.90. The highest BCUT2D eigenvalue weighted by Crippen LogP contribution is 2.39. The molecule has 3 heterocycles. The summed E-state index contributed by atoms with van der Waals surface area (Å²) in [5, 5.41) is 4.61. The molecule has 0 radical (unpaired) electrons. The molecule has 7 heteroatoms. The third kappa shape index (κ3) is 2.08. The van der Waals surface area contributed by atoms with Gasteiger partial charge in [0.15, 0.2) is 0 Å². The van der Waals surface area contributed by atoms with Crippen molar-refractivity contribution >= 4 is 10.2 Å². The van der Waals surface area contributed by atoms with E-state index in [1.165, 1.54) is 12.8 Å². The predicted octanol–water partition coefficient (Wildman–Crippen LogP) is 0.917. The van der Waals surface area contributed by atoms with Gasteiger partial charge in [-0.15, -0.1) is 0 Å². The number of fused-ring (bicyclic) bond motifs is 1. The fourth-order valence-electron chi connectivity index (χ4n) is 3.12. The minimum atomic E-state index is -3.27. The molecule has 1 aromatic rings. The van der Waals surface area contributed by atoms with Crippen LogP contribution in [0.2, 0.25) is 0 Å².